The first-order chi connectivity index (χ1) is 10.6. The summed E-state index contributed by atoms with van der Waals surface area (Å²) in [6.07, 6.45) is 0. The molecule has 114 valence electrons. The van der Waals surface area contributed by atoms with Gasteiger partial charge in [0.25, 0.3) is 5.91 Å². The summed E-state index contributed by atoms with van der Waals surface area (Å²) < 4.78 is 4.61. The van der Waals surface area contributed by atoms with E-state index in [1.165, 1.54) is 18.9 Å². The number of benzene rings is 2. The van der Waals surface area contributed by atoms with Crippen LogP contribution in [0.2, 0.25) is 0 Å². The van der Waals surface area contributed by atoms with Crippen LogP contribution in [0.3, 0.4) is 0 Å². The van der Waals surface area contributed by atoms with E-state index in [0.29, 0.717) is 11.3 Å². The molecular formula is C17H17NO3S. The average molecular weight is 315 g/mol. The summed E-state index contributed by atoms with van der Waals surface area (Å²) in [5, 5.41) is 2.86. The Kier molecular flexibility index (Phi) is 5.61. The molecule has 0 aliphatic heterocycles. The van der Waals surface area contributed by atoms with E-state index in [4.69, 9.17) is 0 Å². The minimum absolute atomic E-state index is 0.154. The van der Waals surface area contributed by atoms with Gasteiger partial charge in [-0.1, -0.05) is 23.8 Å². The van der Waals surface area contributed by atoms with Crippen LogP contribution in [0.1, 0.15) is 15.9 Å². The number of thioether (sulfide) groups is 1. The van der Waals surface area contributed by atoms with Crippen molar-refractivity contribution in [2.24, 2.45) is 0 Å². The van der Waals surface area contributed by atoms with E-state index >= 15 is 0 Å². The number of carbonyl (C=O) groups excluding carboxylic acids is 2. The molecule has 0 radical (unpaired) electrons. The fraction of sp³-hybridized carbons (Fsp3) is 0.176. The van der Waals surface area contributed by atoms with Crippen LogP contribution in [0, 0.1) is 6.92 Å². The lowest BCUT2D eigenvalue weighted by Gasteiger charge is -2.08. The highest BCUT2D eigenvalue weighted by molar-refractivity contribution is 8.00. The van der Waals surface area contributed by atoms with Crippen molar-refractivity contribution in [2.75, 3.05) is 18.2 Å². The molecule has 0 fully saturated rings. The van der Waals surface area contributed by atoms with Crippen molar-refractivity contribution in [3.63, 3.8) is 0 Å². The molecule has 1 amide bonds. The Bertz CT molecular complexity index is 685. The maximum Gasteiger partial charge on any atom is 0.315 e. The van der Waals surface area contributed by atoms with Gasteiger partial charge in [-0.15, -0.1) is 11.8 Å². The van der Waals surface area contributed by atoms with Gasteiger partial charge in [-0.05, 0) is 37.3 Å². The second-order valence-corrected chi connectivity index (χ2v) is 5.76. The van der Waals surface area contributed by atoms with E-state index < -0.39 is 0 Å². The van der Waals surface area contributed by atoms with Crippen molar-refractivity contribution in [3.05, 3.63) is 59.7 Å². The number of carbonyl (C=O) groups is 2. The van der Waals surface area contributed by atoms with Crippen molar-refractivity contribution < 1.29 is 14.3 Å². The Labute approximate surface area is 133 Å². The largest absolute Gasteiger partial charge is 0.468 e. The van der Waals surface area contributed by atoms with Crippen LogP contribution < -0.4 is 5.32 Å². The van der Waals surface area contributed by atoms with Gasteiger partial charge >= 0.3 is 5.97 Å². The first kappa shape index (κ1) is 16.1. The molecule has 0 saturated carbocycles. The summed E-state index contributed by atoms with van der Waals surface area (Å²) in [5.41, 5.74) is 2.35. The van der Waals surface area contributed by atoms with E-state index in [0.717, 1.165) is 10.5 Å². The zero-order valence-electron chi connectivity index (χ0n) is 12.5. The Morgan fingerprint density at radius 3 is 2.64 bits per heavy atom. The lowest BCUT2D eigenvalue weighted by atomic mass is 10.1. The third-order valence-electron chi connectivity index (χ3n) is 2.96. The number of nitrogens with one attached hydrogen (secondary N) is 1. The van der Waals surface area contributed by atoms with E-state index in [1.54, 1.807) is 6.07 Å². The smallest absolute Gasteiger partial charge is 0.315 e. The number of methoxy groups -OCH3 is 1. The highest BCUT2D eigenvalue weighted by atomic mass is 32.2. The molecule has 0 aromatic heterocycles. The highest BCUT2D eigenvalue weighted by Gasteiger charge is 2.07. The Hall–Kier alpha value is -2.27. The molecule has 0 bridgehead atoms. The first-order valence-corrected chi connectivity index (χ1v) is 7.75. The Morgan fingerprint density at radius 2 is 1.91 bits per heavy atom. The number of hydrogen-bond acceptors (Lipinski definition) is 4. The zero-order chi connectivity index (χ0) is 15.9. The maximum atomic E-state index is 12.2. The number of esters is 1. The van der Waals surface area contributed by atoms with E-state index in [-0.39, 0.29) is 17.6 Å². The predicted molar refractivity (Wildman–Crippen MR) is 88.3 cm³/mol. The minimum atomic E-state index is -0.279. The summed E-state index contributed by atoms with van der Waals surface area (Å²) in [6, 6.07) is 14.8. The number of anilines is 1. The van der Waals surface area contributed by atoms with Gasteiger partial charge in [-0.3, -0.25) is 9.59 Å². The summed E-state index contributed by atoms with van der Waals surface area (Å²) in [4.78, 5) is 24.2. The summed E-state index contributed by atoms with van der Waals surface area (Å²) in [5.74, 6) is -0.191. The van der Waals surface area contributed by atoms with Gasteiger partial charge in [0.05, 0.1) is 12.9 Å². The molecule has 0 saturated heterocycles. The number of aryl methyl sites for hydroxylation is 1. The Morgan fingerprint density at radius 1 is 1.14 bits per heavy atom. The molecule has 0 aliphatic carbocycles. The fourth-order valence-electron chi connectivity index (χ4n) is 1.85. The lowest BCUT2D eigenvalue weighted by molar-refractivity contribution is -0.137. The number of hydrogen-bond donors (Lipinski definition) is 1. The molecule has 1 N–H and O–H groups in total. The van der Waals surface area contributed by atoms with E-state index in [1.807, 2.05) is 49.4 Å². The first-order valence-electron chi connectivity index (χ1n) is 6.76. The van der Waals surface area contributed by atoms with Gasteiger partial charge in [0.2, 0.25) is 0 Å². The summed E-state index contributed by atoms with van der Waals surface area (Å²) in [7, 11) is 1.36. The lowest BCUT2D eigenvalue weighted by Crippen LogP contribution is -2.12. The zero-order valence-corrected chi connectivity index (χ0v) is 13.3. The molecule has 0 heterocycles. The van der Waals surface area contributed by atoms with Crippen molar-refractivity contribution in [1.82, 2.24) is 0 Å². The molecule has 22 heavy (non-hydrogen) atoms. The van der Waals surface area contributed by atoms with Gasteiger partial charge in [0.15, 0.2) is 0 Å². The van der Waals surface area contributed by atoms with Crippen LogP contribution in [0.4, 0.5) is 5.69 Å². The van der Waals surface area contributed by atoms with Crippen LogP contribution >= 0.6 is 11.8 Å². The summed E-state index contributed by atoms with van der Waals surface area (Å²) in [6.45, 7) is 1.95. The number of amides is 1. The monoisotopic (exact) mass is 315 g/mol. The molecule has 0 atom stereocenters. The third-order valence-corrected chi connectivity index (χ3v) is 3.92. The molecule has 0 unspecified atom stereocenters. The van der Waals surface area contributed by atoms with Crippen LogP contribution in [-0.4, -0.2) is 24.7 Å². The topological polar surface area (TPSA) is 55.4 Å². The van der Waals surface area contributed by atoms with Gasteiger partial charge in [-0.2, -0.15) is 0 Å². The third kappa shape index (κ3) is 4.63. The highest BCUT2D eigenvalue weighted by Crippen LogP contribution is 2.22. The van der Waals surface area contributed by atoms with Gasteiger partial charge in [0, 0.05) is 16.1 Å². The van der Waals surface area contributed by atoms with Crippen LogP contribution in [-0.2, 0) is 9.53 Å². The normalized spacial score (nSPS) is 10.1. The summed E-state index contributed by atoms with van der Waals surface area (Å²) >= 11 is 1.37. The SMILES string of the molecule is COC(=O)CSc1cccc(NC(=O)c2cccc(C)c2)c1. The molecule has 4 nitrogen and oxygen atoms in total. The molecule has 0 spiro atoms. The van der Waals surface area contributed by atoms with Crippen LogP contribution in [0.5, 0.6) is 0 Å². The second kappa shape index (κ2) is 7.66. The van der Waals surface area contributed by atoms with Crippen molar-refractivity contribution in [2.45, 2.75) is 11.8 Å². The van der Waals surface area contributed by atoms with Crippen molar-refractivity contribution in [1.29, 1.82) is 0 Å². The second-order valence-electron chi connectivity index (χ2n) is 4.72. The van der Waals surface area contributed by atoms with Crippen molar-refractivity contribution >= 4 is 29.3 Å². The van der Waals surface area contributed by atoms with E-state index in [2.05, 4.69) is 10.1 Å². The number of rotatable bonds is 5. The standard InChI is InChI=1S/C17H17NO3S/c1-12-5-3-6-13(9-12)17(20)18-14-7-4-8-15(10-14)22-11-16(19)21-2/h3-10H,11H2,1-2H3,(H,18,20). The average Bonchev–Trinajstić information content (AvgIpc) is 2.53. The van der Waals surface area contributed by atoms with Crippen LogP contribution in [0.25, 0.3) is 0 Å². The van der Waals surface area contributed by atoms with E-state index in [9.17, 15) is 9.59 Å². The molecule has 2 aromatic rings. The van der Waals surface area contributed by atoms with Crippen LogP contribution in [0.15, 0.2) is 53.4 Å². The fourth-order valence-corrected chi connectivity index (χ4v) is 2.64. The molecule has 2 rings (SSSR count). The van der Waals surface area contributed by atoms with Gasteiger partial charge < -0.3 is 10.1 Å². The minimum Gasteiger partial charge on any atom is -0.468 e. The molecular weight excluding hydrogens is 298 g/mol. The van der Waals surface area contributed by atoms with Crippen molar-refractivity contribution in [3.8, 4) is 0 Å². The van der Waals surface area contributed by atoms with Gasteiger partial charge in [-0.25, -0.2) is 0 Å². The molecule has 5 heteroatoms. The predicted octanol–water partition coefficient (Wildman–Crippen LogP) is 3.51. The number of ether oxygens (including phenoxy) is 1. The molecule has 2 aromatic carbocycles. The Balaban J connectivity index is 2.03. The quantitative estimate of drug-likeness (QED) is 0.677. The molecule has 0 aliphatic rings. The van der Waals surface area contributed by atoms with Gasteiger partial charge in [0.1, 0.15) is 0 Å². The maximum absolute atomic E-state index is 12.2.